The highest BCUT2D eigenvalue weighted by atomic mass is 16.6. The second-order valence-corrected chi connectivity index (χ2v) is 3.69. The minimum Gasteiger partial charge on any atom is -0.441 e. The number of esters is 1. The first-order valence-corrected chi connectivity index (χ1v) is 5.40. The molecule has 0 fully saturated rings. The van der Waals surface area contributed by atoms with Gasteiger partial charge in [0.15, 0.2) is 5.72 Å². The fraction of sp³-hybridized carbons (Fsp3) is 0.727. The fourth-order valence-electron chi connectivity index (χ4n) is 1.24. The lowest BCUT2D eigenvalue weighted by atomic mass is 10.1. The summed E-state index contributed by atoms with van der Waals surface area (Å²) in [5, 5.41) is 20.5. The Labute approximate surface area is 96.1 Å². The molecule has 16 heavy (non-hydrogen) atoms. The van der Waals surface area contributed by atoms with E-state index in [0.717, 1.165) is 12.5 Å². The average Bonchev–Trinajstić information content (AvgIpc) is 2.24. The smallest absolute Gasteiger partial charge is 0.331 e. The Bertz CT molecular complexity index is 220. The van der Waals surface area contributed by atoms with Crippen LogP contribution in [0.15, 0.2) is 12.7 Å². The van der Waals surface area contributed by atoms with E-state index in [2.05, 4.69) is 11.9 Å². The Morgan fingerprint density at radius 1 is 1.44 bits per heavy atom. The fourth-order valence-corrected chi connectivity index (χ4v) is 1.24. The molecular formula is C11H21NO4. The lowest BCUT2D eigenvalue weighted by molar-refractivity contribution is -0.156. The van der Waals surface area contributed by atoms with E-state index in [1.54, 1.807) is 6.92 Å². The maximum Gasteiger partial charge on any atom is 0.331 e. The van der Waals surface area contributed by atoms with Gasteiger partial charge in [-0.15, -0.1) is 0 Å². The van der Waals surface area contributed by atoms with Crippen molar-refractivity contribution in [3.8, 4) is 0 Å². The molecule has 1 unspecified atom stereocenters. The van der Waals surface area contributed by atoms with Crippen molar-refractivity contribution in [3.05, 3.63) is 12.7 Å². The minimum absolute atomic E-state index is 0.0755. The molecule has 0 aromatic rings. The number of rotatable bonds is 9. The van der Waals surface area contributed by atoms with Gasteiger partial charge in [0.2, 0.25) is 0 Å². The van der Waals surface area contributed by atoms with Gasteiger partial charge in [0.05, 0.1) is 0 Å². The van der Waals surface area contributed by atoms with E-state index in [0.29, 0.717) is 19.4 Å². The molecule has 0 saturated heterocycles. The van der Waals surface area contributed by atoms with Gasteiger partial charge < -0.3 is 14.9 Å². The maximum absolute atomic E-state index is 11.1. The van der Waals surface area contributed by atoms with Gasteiger partial charge in [-0.25, -0.2) is 4.79 Å². The van der Waals surface area contributed by atoms with Crippen LogP contribution >= 0.6 is 0 Å². The predicted octanol–water partition coefficient (Wildman–Crippen LogP) is 0.176. The second-order valence-electron chi connectivity index (χ2n) is 3.69. The number of unbranched alkanes of at least 4 members (excludes halogenated alkanes) is 1. The molecule has 0 aromatic heterocycles. The zero-order valence-corrected chi connectivity index (χ0v) is 9.74. The molecule has 0 heterocycles. The monoisotopic (exact) mass is 231 g/mol. The number of hydrogen-bond acceptors (Lipinski definition) is 5. The zero-order chi connectivity index (χ0) is 12.4. The predicted molar refractivity (Wildman–Crippen MR) is 60.7 cm³/mol. The number of aliphatic hydroxyl groups is 2. The standard InChI is InChI=1S/C11H21NO4/c1-3-10(15)16-11(2,6-9-14)12-7-4-5-8-13/h3,12-14H,1,4-9H2,2H3. The summed E-state index contributed by atoms with van der Waals surface area (Å²) in [4.78, 5) is 11.1. The van der Waals surface area contributed by atoms with Crippen LogP contribution in [0.5, 0.6) is 0 Å². The number of carbonyl (C=O) groups is 1. The summed E-state index contributed by atoms with van der Waals surface area (Å²) in [7, 11) is 0. The summed E-state index contributed by atoms with van der Waals surface area (Å²) in [6.07, 6.45) is 2.87. The largest absolute Gasteiger partial charge is 0.441 e. The van der Waals surface area contributed by atoms with E-state index in [-0.39, 0.29) is 13.2 Å². The highest BCUT2D eigenvalue weighted by molar-refractivity contribution is 5.81. The van der Waals surface area contributed by atoms with Crippen molar-refractivity contribution in [2.24, 2.45) is 0 Å². The summed E-state index contributed by atoms with van der Waals surface area (Å²) >= 11 is 0. The van der Waals surface area contributed by atoms with E-state index in [1.807, 2.05) is 0 Å². The highest BCUT2D eigenvalue weighted by Gasteiger charge is 2.26. The van der Waals surface area contributed by atoms with Crippen LogP contribution in [0.2, 0.25) is 0 Å². The molecule has 5 nitrogen and oxygen atoms in total. The Hall–Kier alpha value is -0.910. The average molecular weight is 231 g/mol. The second kappa shape index (κ2) is 8.27. The lowest BCUT2D eigenvalue weighted by Crippen LogP contribution is -2.47. The topological polar surface area (TPSA) is 78.8 Å². The Morgan fingerprint density at radius 3 is 2.62 bits per heavy atom. The maximum atomic E-state index is 11.1. The molecule has 0 amide bonds. The Balaban J connectivity index is 4.10. The van der Waals surface area contributed by atoms with Gasteiger partial charge in [-0.3, -0.25) is 5.32 Å². The number of aliphatic hydroxyl groups excluding tert-OH is 2. The van der Waals surface area contributed by atoms with Crippen molar-refractivity contribution in [2.75, 3.05) is 19.8 Å². The van der Waals surface area contributed by atoms with Gasteiger partial charge >= 0.3 is 5.97 Å². The molecule has 0 bridgehead atoms. The van der Waals surface area contributed by atoms with Crippen molar-refractivity contribution in [1.82, 2.24) is 5.32 Å². The number of nitrogens with one attached hydrogen (secondary N) is 1. The van der Waals surface area contributed by atoms with Crippen LogP contribution in [-0.4, -0.2) is 41.7 Å². The number of hydrogen-bond donors (Lipinski definition) is 3. The van der Waals surface area contributed by atoms with E-state index >= 15 is 0 Å². The van der Waals surface area contributed by atoms with E-state index < -0.39 is 11.7 Å². The summed E-state index contributed by atoms with van der Waals surface area (Å²) in [5.74, 6) is -0.523. The van der Waals surface area contributed by atoms with Crippen LogP contribution in [0.1, 0.15) is 26.2 Å². The van der Waals surface area contributed by atoms with Crippen LogP contribution in [0.25, 0.3) is 0 Å². The van der Waals surface area contributed by atoms with Crippen molar-refractivity contribution in [1.29, 1.82) is 0 Å². The minimum atomic E-state index is -0.879. The molecule has 1 atom stereocenters. The molecule has 0 aliphatic carbocycles. The van der Waals surface area contributed by atoms with Crippen LogP contribution in [0.4, 0.5) is 0 Å². The first-order valence-electron chi connectivity index (χ1n) is 5.40. The van der Waals surface area contributed by atoms with Gasteiger partial charge in [-0.1, -0.05) is 6.58 Å². The number of carbonyl (C=O) groups excluding carboxylic acids is 1. The number of ether oxygens (including phenoxy) is 1. The molecule has 0 aromatic carbocycles. The van der Waals surface area contributed by atoms with Gasteiger partial charge in [0, 0.05) is 25.7 Å². The summed E-state index contributed by atoms with van der Waals surface area (Å²) in [6, 6.07) is 0. The van der Waals surface area contributed by atoms with Crippen molar-refractivity contribution in [3.63, 3.8) is 0 Å². The third-order valence-corrected chi connectivity index (χ3v) is 2.17. The molecule has 0 aliphatic rings. The van der Waals surface area contributed by atoms with Crippen molar-refractivity contribution < 1.29 is 19.7 Å². The Morgan fingerprint density at radius 2 is 2.12 bits per heavy atom. The first kappa shape index (κ1) is 15.1. The molecule has 3 N–H and O–H groups in total. The summed E-state index contributed by atoms with van der Waals surface area (Å²) in [5.41, 5.74) is -0.879. The molecule has 94 valence electrons. The molecule has 0 spiro atoms. The highest BCUT2D eigenvalue weighted by Crippen LogP contribution is 2.12. The van der Waals surface area contributed by atoms with Crippen molar-refractivity contribution in [2.45, 2.75) is 31.9 Å². The molecule has 0 saturated carbocycles. The molecular weight excluding hydrogens is 210 g/mol. The van der Waals surface area contributed by atoms with Crippen molar-refractivity contribution >= 4 is 5.97 Å². The zero-order valence-electron chi connectivity index (χ0n) is 9.74. The molecule has 0 rings (SSSR count). The van der Waals surface area contributed by atoms with E-state index in [9.17, 15) is 4.79 Å². The van der Waals surface area contributed by atoms with Crippen LogP contribution < -0.4 is 5.32 Å². The van der Waals surface area contributed by atoms with E-state index in [1.165, 1.54) is 0 Å². The molecule has 0 aliphatic heterocycles. The van der Waals surface area contributed by atoms with Gasteiger partial charge in [0.1, 0.15) is 0 Å². The first-order chi connectivity index (χ1) is 7.58. The summed E-state index contributed by atoms with van der Waals surface area (Å²) < 4.78 is 5.12. The van der Waals surface area contributed by atoms with Gasteiger partial charge in [-0.2, -0.15) is 0 Å². The Kier molecular flexibility index (Phi) is 7.80. The third-order valence-electron chi connectivity index (χ3n) is 2.17. The summed E-state index contributed by atoms with van der Waals surface area (Å²) in [6.45, 7) is 5.70. The van der Waals surface area contributed by atoms with Crippen LogP contribution in [-0.2, 0) is 9.53 Å². The third kappa shape index (κ3) is 6.55. The van der Waals surface area contributed by atoms with Gasteiger partial charge in [-0.05, 0) is 26.3 Å². The SMILES string of the molecule is C=CC(=O)OC(C)(CCO)NCCCCO. The molecule has 5 heteroatoms. The lowest BCUT2D eigenvalue weighted by Gasteiger charge is -2.29. The molecule has 0 radical (unpaired) electrons. The quantitative estimate of drug-likeness (QED) is 0.228. The van der Waals surface area contributed by atoms with Crippen LogP contribution in [0.3, 0.4) is 0 Å². The van der Waals surface area contributed by atoms with E-state index in [4.69, 9.17) is 14.9 Å². The van der Waals surface area contributed by atoms with Crippen LogP contribution in [0, 0.1) is 0 Å². The van der Waals surface area contributed by atoms with Gasteiger partial charge in [0.25, 0.3) is 0 Å². The normalized spacial score (nSPS) is 14.2.